The van der Waals surface area contributed by atoms with Gasteiger partial charge in [0.2, 0.25) is 5.95 Å². The summed E-state index contributed by atoms with van der Waals surface area (Å²) in [5, 5.41) is 0. The third kappa shape index (κ3) is 5.18. The molecule has 1 fully saturated rings. The van der Waals surface area contributed by atoms with Crippen LogP contribution in [0.3, 0.4) is 0 Å². The largest absolute Gasteiger partial charge is 0.494 e. The normalized spacial score (nSPS) is 13.9. The lowest BCUT2D eigenvalue weighted by Crippen LogP contribution is -2.50. The van der Waals surface area contributed by atoms with E-state index in [0.29, 0.717) is 50.0 Å². The first kappa shape index (κ1) is 19.6. The molecule has 1 saturated heterocycles. The summed E-state index contributed by atoms with van der Waals surface area (Å²) in [5.74, 6) is 0.638. The van der Waals surface area contributed by atoms with Gasteiger partial charge in [-0.25, -0.2) is 14.8 Å². The van der Waals surface area contributed by atoms with Gasteiger partial charge in [0.15, 0.2) is 6.61 Å². The molecule has 1 aliphatic rings. The second-order valence-corrected chi connectivity index (χ2v) is 6.37. The molecule has 28 heavy (non-hydrogen) atoms. The minimum absolute atomic E-state index is 0.204. The van der Waals surface area contributed by atoms with Gasteiger partial charge in [0.25, 0.3) is 5.91 Å². The Hall–Kier alpha value is -3.16. The lowest BCUT2D eigenvalue weighted by atomic mass is 10.2. The molecule has 8 nitrogen and oxygen atoms in total. The summed E-state index contributed by atoms with van der Waals surface area (Å²) in [4.78, 5) is 36.6. The second-order valence-electron chi connectivity index (χ2n) is 6.37. The number of carbonyl (C=O) groups excluding carboxylic acids is 2. The van der Waals surface area contributed by atoms with Crippen LogP contribution in [0.2, 0.25) is 0 Å². The first-order valence-electron chi connectivity index (χ1n) is 9.37. The minimum Gasteiger partial charge on any atom is -0.494 e. The van der Waals surface area contributed by atoms with Crippen molar-refractivity contribution in [2.75, 3.05) is 44.3 Å². The molecule has 0 saturated carbocycles. The zero-order chi connectivity index (χ0) is 19.8. The van der Waals surface area contributed by atoms with E-state index in [4.69, 9.17) is 9.47 Å². The number of ether oxygens (including phenoxy) is 2. The number of nitrogens with zero attached hydrogens (tertiary/aromatic N) is 4. The number of aromatic nitrogens is 2. The van der Waals surface area contributed by atoms with Gasteiger partial charge < -0.3 is 19.3 Å². The van der Waals surface area contributed by atoms with Gasteiger partial charge in [0, 0.05) is 38.6 Å². The topological polar surface area (TPSA) is 84.9 Å². The highest BCUT2D eigenvalue weighted by molar-refractivity contribution is 5.91. The number of esters is 1. The molecule has 0 atom stereocenters. The van der Waals surface area contributed by atoms with E-state index in [1.54, 1.807) is 47.6 Å². The van der Waals surface area contributed by atoms with Gasteiger partial charge in [-0.2, -0.15) is 0 Å². The van der Waals surface area contributed by atoms with Gasteiger partial charge in [-0.1, -0.05) is 6.92 Å². The van der Waals surface area contributed by atoms with Crippen LogP contribution in [-0.2, 0) is 9.53 Å². The summed E-state index contributed by atoms with van der Waals surface area (Å²) in [7, 11) is 0. The Morgan fingerprint density at radius 2 is 1.71 bits per heavy atom. The zero-order valence-corrected chi connectivity index (χ0v) is 15.9. The van der Waals surface area contributed by atoms with E-state index in [2.05, 4.69) is 9.97 Å². The van der Waals surface area contributed by atoms with Crippen molar-refractivity contribution in [2.45, 2.75) is 13.3 Å². The maximum Gasteiger partial charge on any atom is 0.338 e. The number of amides is 1. The molecule has 0 N–H and O–H groups in total. The van der Waals surface area contributed by atoms with Crippen LogP contribution >= 0.6 is 0 Å². The molecule has 0 unspecified atom stereocenters. The van der Waals surface area contributed by atoms with E-state index in [1.165, 1.54) is 0 Å². The Kier molecular flexibility index (Phi) is 6.78. The van der Waals surface area contributed by atoms with Gasteiger partial charge in [-0.15, -0.1) is 0 Å². The van der Waals surface area contributed by atoms with Crippen molar-refractivity contribution in [2.24, 2.45) is 0 Å². The molecule has 8 heteroatoms. The second kappa shape index (κ2) is 9.68. The summed E-state index contributed by atoms with van der Waals surface area (Å²) in [5.41, 5.74) is 0.391. The van der Waals surface area contributed by atoms with Crippen molar-refractivity contribution in [3.05, 3.63) is 48.3 Å². The van der Waals surface area contributed by atoms with E-state index in [9.17, 15) is 9.59 Å². The van der Waals surface area contributed by atoms with Crippen molar-refractivity contribution in [1.82, 2.24) is 14.9 Å². The Morgan fingerprint density at radius 3 is 2.36 bits per heavy atom. The highest BCUT2D eigenvalue weighted by Gasteiger charge is 2.23. The Bertz CT molecular complexity index is 775. The van der Waals surface area contributed by atoms with E-state index in [0.717, 1.165) is 6.42 Å². The Balaban J connectivity index is 1.43. The maximum absolute atomic E-state index is 12.3. The fourth-order valence-electron chi connectivity index (χ4n) is 2.82. The molecule has 148 valence electrons. The molecule has 3 rings (SSSR count). The van der Waals surface area contributed by atoms with Crippen molar-refractivity contribution >= 4 is 17.8 Å². The van der Waals surface area contributed by atoms with E-state index >= 15 is 0 Å². The predicted octanol–water partition coefficient (Wildman–Crippen LogP) is 1.77. The average molecular weight is 384 g/mol. The molecule has 0 spiro atoms. The third-order valence-electron chi connectivity index (χ3n) is 4.36. The number of carbonyl (C=O) groups is 2. The van der Waals surface area contributed by atoms with Crippen LogP contribution in [-0.4, -0.2) is 66.1 Å². The van der Waals surface area contributed by atoms with Crippen LogP contribution < -0.4 is 9.64 Å². The average Bonchev–Trinajstić information content (AvgIpc) is 2.77. The van der Waals surface area contributed by atoms with Crippen molar-refractivity contribution in [1.29, 1.82) is 0 Å². The van der Waals surface area contributed by atoms with Gasteiger partial charge in [0.1, 0.15) is 5.75 Å². The Labute approximate surface area is 164 Å². The SMILES string of the molecule is CCCOc1ccc(C(=O)OCC(=O)N2CCN(c3ncccn3)CC2)cc1. The molecule has 0 aliphatic carbocycles. The molecule has 1 amide bonds. The van der Waals surface area contributed by atoms with Crippen molar-refractivity contribution in [3.63, 3.8) is 0 Å². The first-order chi connectivity index (χ1) is 13.7. The quantitative estimate of drug-likeness (QED) is 0.673. The van der Waals surface area contributed by atoms with Gasteiger partial charge in [-0.3, -0.25) is 4.79 Å². The lowest BCUT2D eigenvalue weighted by molar-refractivity contribution is -0.134. The number of piperazine rings is 1. The number of hydrogen-bond acceptors (Lipinski definition) is 7. The van der Waals surface area contributed by atoms with E-state index in [-0.39, 0.29) is 12.5 Å². The fourth-order valence-corrected chi connectivity index (χ4v) is 2.82. The summed E-state index contributed by atoms with van der Waals surface area (Å²) >= 11 is 0. The van der Waals surface area contributed by atoms with Crippen LogP contribution in [0.15, 0.2) is 42.7 Å². The zero-order valence-electron chi connectivity index (χ0n) is 15.9. The maximum atomic E-state index is 12.3. The summed E-state index contributed by atoms with van der Waals surface area (Å²) in [6, 6.07) is 8.48. The van der Waals surface area contributed by atoms with Crippen LogP contribution in [0, 0.1) is 0 Å². The lowest BCUT2D eigenvalue weighted by Gasteiger charge is -2.34. The molecule has 1 aromatic carbocycles. The van der Waals surface area contributed by atoms with Gasteiger partial charge in [-0.05, 0) is 36.8 Å². The Morgan fingerprint density at radius 1 is 1.04 bits per heavy atom. The van der Waals surface area contributed by atoms with Crippen LogP contribution in [0.4, 0.5) is 5.95 Å². The molecule has 0 radical (unpaired) electrons. The third-order valence-corrected chi connectivity index (χ3v) is 4.36. The first-order valence-corrected chi connectivity index (χ1v) is 9.37. The number of rotatable bonds is 7. The molecule has 1 aromatic heterocycles. The smallest absolute Gasteiger partial charge is 0.338 e. The molecule has 0 bridgehead atoms. The molecule has 2 aromatic rings. The highest BCUT2D eigenvalue weighted by atomic mass is 16.5. The van der Waals surface area contributed by atoms with Gasteiger partial charge in [0.05, 0.1) is 12.2 Å². The predicted molar refractivity (Wildman–Crippen MR) is 103 cm³/mol. The molecular formula is C20H24N4O4. The van der Waals surface area contributed by atoms with Crippen molar-refractivity contribution < 1.29 is 19.1 Å². The van der Waals surface area contributed by atoms with E-state index in [1.807, 2.05) is 11.8 Å². The standard InChI is InChI=1S/C20H24N4O4/c1-2-14-27-17-6-4-16(5-7-17)19(26)28-15-18(25)23-10-12-24(13-11-23)20-21-8-3-9-22-20/h3-9H,2,10-15H2,1H3. The van der Waals surface area contributed by atoms with Crippen LogP contribution in [0.5, 0.6) is 5.75 Å². The number of anilines is 1. The number of hydrogen-bond donors (Lipinski definition) is 0. The molecular weight excluding hydrogens is 360 g/mol. The summed E-state index contributed by atoms with van der Waals surface area (Å²) in [6.07, 6.45) is 4.31. The highest BCUT2D eigenvalue weighted by Crippen LogP contribution is 2.14. The van der Waals surface area contributed by atoms with E-state index < -0.39 is 5.97 Å². The molecule has 2 heterocycles. The fraction of sp³-hybridized carbons (Fsp3) is 0.400. The van der Waals surface area contributed by atoms with Crippen molar-refractivity contribution in [3.8, 4) is 5.75 Å². The number of benzene rings is 1. The van der Waals surface area contributed by atoms with Crippen LogP contribution in [0.25, 0.3) is 0 Å². The monoisotopic (exact) mass is 384 g/mol. The summed E-state index contributed by atoms with van der Waals surface area (Å²) < 4.78 is 10.6. The molecule has 1 aliphatic heterocycles. The minimum atomic E-state index is -0.522. The summed E-state index contributed by atoms with van der Waals surface area (Å²) in [6.45, 7) is 4.75. The van der Waals surface area contributed by atoms with Gasteiger partial charge >= 0.3 is 5.97 Å². The van der Waals surface area contributed by atoms with Crippen LogP contribution in [0.1, 0.15) is 23.7 Å².